The fourth-order valence-corrected chi connectivity index (χ4v) is 3.52. The van der Waals surface area contributed by atoms with Crippen LogP contribution < -0.4 is 5.32 Å². The van der Waals surface area contributed by atoms with Gasteiger partial charge < -0.3 is 19.6 Å². The van der Waals surface area contributed by atoms with E-state index in [-0.39, 0.29) is 24.5 Å². The second-order valence-electron chi connectivity index (χ2n) is 6.63. The van der Waals surface area contributed by atoms with E-state index in [1.807, 2.05) is 52.7 Å². The van der Waals surface area contributed by atoms with E-state index in [0.717, 1.165) is 29.6 Å². The molecule has 1 aliphatic rings. The van der Waals surface area contributed by atoms with Gasteiger partial charge in [0.05, 0.1) is 0 Å². The zero-order chi connectivity index (χ0) is 17.4. The van der Waals surface area contributed by atoms with Crippen LogP contribution in [0.4, 0.5) is 0 Å². The van der Waals surface area contributed by atoms with Crippen LogP contribution in [0.5, 0.6) is 0 Å². The lowest BCUT2D eigenvalue weighted by Crippen LogP contribution is -2.45. The summed E-state index contributed by atoms with van der Waals surface area (Å²) < 4.78 is 3.81. The maximum atomic E-state index is 12.3. The maximum Gasteiger partial charge on any atom is 0.240 e. The van der Waals surface area contributed by atoms with Crippen LogP contribution >= 0.6 is 0 Å². The quantitative estimate of drug-likeness (QED) is 0.734. The van der Waals surface area contributed by atoms with Crippen molar-refractivity contribution < 1.29 is 9.90 Å². The Hall–Kier alpha value is -2.67. The highest BCUT2D eigenvalue weighted by molar-refractivity contribution is 5.83. The number of hydrogen-bond acceptors (Lipinski definition) is 4. The number of para-hydroxylation sites is 1. The molecule has 25 heavy (non-hydrogen) atoms. The standard InChI is InChI=1S/C18H21N5O2/c1-22-16(11-24)20-21-18(22)13-8-14(9-13)19-17(25)10-23-7-6-12-4-2-3-5-15(12)23/h2-7,13-14,24H,8-11H2,1H3,(H,19,25). The molecule has 3 aromatic rings. The lowest BCUT2D eigenvalue weighted by molar-refractivity contribution is -0.122. The predicted octanol–water partition coefficient (Wildman–Crippen LogP) is 1.32. The van der Waals surface area contributed by atoms with Crippen molar-refractivity contribution in [2.24, 2.45) is 7.05 Å². The second-order valence-corrected chi connectivity index (χ2v) is 6.63. The molecule has 0 atom stereocenters. The van der Waals surface area contributed by atoms with Gasteiger partial charge >= 0.3 is 0 Å². The van der Waals surface area contributed by atoms with Crippen LogP contribution in [-0.4, -0.2) is 36.4 Å². The van der Waals surface area contributed by atoms with Crippen molar-refractivity contribution in [3.05, 3.63) is 48.2 Å². The van der Waals surface area contributed by atoms with E-state index >= 15 is 0 Å². The summed E-state index contributed by atoms with van der Waals surface area (Å²) in [5, 5.41) is 21.6. The predicted molar refractivity (Wildman–Crippen MR) is 92.8 cm³/mol. The van der Waals surface area contributed by atoms with Crippen LogP contribution in [0.25, 0.3) is 10.9 Å². The smallest absolute Gasteiger partial charge is 0.240 e. The van der Waals surface area contributed by atoms with Gasteiger partial charge in [-0.25, -0.2) is 0 Å². The Labute approximate surface area is 145 Å². The van der Waals surface area contributed by atoms with Crippen LogP contribution in [0.2, 0.25) is 0 Å². The molecule has 2 heterocycles. The van der Waals surface area contributed by atoms with Crippen molar-refractivity contribution in [2.75, 3.05) is 0 Å². The first-order valence-electron chi connectivity index (χ1n) is 8.48. The van der Waals surface area contributed by atoms with Crippen molar-refractivity contribution >= 4 is 16.8 Å². The Morgan fingerprint density at radius 2 is 2.08 bits per heavy atom. The summed E-state index contributed by atoms with van der Waals surface area (Å²) in [4.78, 5) is 12.3. The van der Waals surface area contributed by atoms with Gasteiger partial charge in [0, 0.05) is 30.7 Å². The fourth-order valence-electron chi connectivity index (χ4n) is 3.52. The third-order valence-corrected chi connectivity index (χ3v) is 5.00. The summed E-state index contributed by atoms with van der Waals surface area (Å²) in [5.41, 5.74) is 1.07. The summed E-state index contributed by atoms with van der Waals surface area (Å²) >= 11 is 0. The molecule has 0 spiro atoms. The highest BCUT2D eigenvalue weighted by Crippen LogP contribution is 2.35. The zero-order valence-corrected chi connectivity index (χ0v) is 14.1. The van der Waals surface area contributed by atoms with Gasteiger partial charge in [-0.3, -0.25) is 4.79 Å². The second kappa shape index (κ2) is 6.33. The minimum absolute atomic E-state index is 0.0267. The van der Waals surface area contributed by atoms with Gasteiger partial charge in [-0.15, -0.1) is 10.2 Å². The molecule has 130 valence electrons. The molecule has 0 saturated heterocycles. The topological polar surface area (TPSA) is 85.0 Å². The molecule has 0 unspecified atom stereocenters. The number of benzene rings is 1. The van der Waals surface area contributed by atoms with Crippen molar-refractivity contribution in [3.8, 4) is 0 Å². The van der Waals surface area contributed by atoms with Gasteiger partial charge in [-0.1, -0.05) is 18.2 Å². The van der Waals surface area contributed by atoms with Crippen LogP contribution in [-0.2, 0) is 25.0 Å². The van der Waals surface area contributed by atoms with Crippen LogP contribution in [0, 0.1) is 0 Å². The first kappa shape index (κ1) is 15.8. The Morgan fingerprint density at radius 3 is 2.84 bits per heavy atom. The van der Waals surface area contributed by atoms with Crippen molar-refractivity contribution in [2.45, 2.75) is 38.0 Å². The molecule has 0 aliphatic heterocycles. The summed E-state index contributed by atoms with van der Waals surface area (Å²) in [5.74, 6) is 1.77. The number of aromatic nitrogens is 4. The van der Waals surface area contributed by atoms with E-state index in [1.54, 1.807) is 0 Å². The Bertz CT molecular complexity index is 907. The average molecular weight is 339 g/mol. The van der Waals surface area contributed by atoms with Crippen molar-refractivity contribution in [3.63, 3.8) is 0 Å². The number of hydrogen-bond donors (Lipinski definition) is 2. The minimum atomic E-state index is -0.110. The van der Waals surface area contributed by atoms with Crippen molar-refractivity contribution in [1.29, 1.82) is 0 Å². The molecule has 1 aromatic carbocycles. The van der Waals surface area contributed by atoms with E-state index in [0.29, 0.717) is 12.4 Å². The maximum absolute atomic E-state index is 12.3. The number of aliphatic hydroxyl groups excluding tert-OH is 1. The molecule has 1 fully saturated rings. The molecule has 2 aromatic heterocycles. The fraction of sp³-hybridized carbons (Fsp3) is 0.389. The van der Waals surface area contributed by atoms with E-state index in [1.165, 1.54) is 0 Å². The van der Waals surface area contributed by atoms with Gasteiger partial charge in [0.2, 0.25) is 5.91 Å². The molecule has 7 heteroatoms. The number of nitrogens with zero attached hydrogens (tertiary/aromatic N) is 4. The van der Waals surface area contributed by atoms with Gasteiger partial charge in [0.25, 0.3) is 0 Å². The third-order valence-electron chi connectivity index (χ3n) is 5.00. The van der Waals surface area contributed by atoms with E-state index in [2.05, 4.69) is 15.5 Å². The number of fused-ring (bicyclic) bond motifs is 1. The van der Waals surface area contributed by atoms with Crippen molar-refractivity contribution in [1.82, 2.24) is 24.6 Å². The van der Waals surface area contributed by atoms with E-state index in [9.17, 15) is 9.90 Å². The van der Waals surface area contributed by atoms with Crippen LogP contribution in [0.3, 0.4) is 0 Å². The summed E-state index contributed by atoms with van der Waals surface area (Å²) in [6, 6.07) is 10.2. The number of carbonyl (C=O) groups is 1. The molecular formula is C18H21N5O2. The molecule has 7 nitrogen and oxygen atoms in total. The van der Waals surface area contributed by atoms with Gasteiger partial charge in [-0.2, -0.15) is 0 Å². The lowest BCUT2D eigenvalue weighted by Gasteiger charge is -2.35. The number of amides is 1. The summed E-state index contributed by atoms with van der Waals surface area (Å²) in [7, 11) is 1.87. The molecule has 1 saturated carbocycles. The molecule has 0 bridgehead atoms. The van der Waals surface area contributed by atoms with E-state index < -0.39 is 0 Å². The largest absolute Gasteiger partial charge is 0.388 e. The van der Waals surface area contributed by atoms with Crippen LogP contribution in [0.1, 0.15) is 30.4 Å². The average Bonchev–Trinajstić information content (AvgIpc) is 3.15. The molecule has 2 N–H and O–H groups in total. The minimum Gasteiger partial charge on any atom is -0.388 e. The first-order valence-corrected chi connectivity index (χ1v) is 8.48. The number of nitrogens with one attached hydrogen (secondary N) is 1. The first-order chi connectivity index (χ1) is 12.2. The van der Waals surface area contributed by atoms with E-state index in [4.69, 9.17) is 0 Å². The third kappa shape index (κ3) is 2.91. The summed E-state index contributed by atoms with van der Waals surface area (Å²) in [6.45, 7) is 0.217. The van der Waals surface area contributed by atoms with Gasteiger partial charge in [-0.05, 0) is 30.4 Å². The van der Waals surface area contributed by atoms with Gasteiger partial charge in [0.1, 0.15) is 19.0 Å². The normalized spacial score (nSPS) is 19.8. The lowest BCUT2D eigenvalue weighted by atomic mass is 9.79. The molecule has 1 amide bonds. The molecule has 0 radical (unpaired) electrons. The highest BCUT2D eigenvalue weighted by Gasteiger charge is 2.34. The Morgan fingerprint density at radius 1 is 1.28 bits per heavy atom. The summed E-state index contributed by atoms with van der Waals surface area (Å²) in [6.07, 6.45) is 3.66. The van der Waals surface area contributed by atoms with Gasteiger partial charge in [0.15, 0.2) is 5.82 Å². The number of rotatable bonds is 5. The Balaban J connectivity index is 1.33. The van der Waals surface area contributed by atoms with Crippen LogP contribution in [0.15, 0.2) is 36.5 Å². The molecule has 4 rings (SSSR count). The number of carbonyl (C=O) groups excluding carboxylic acids is 1. The number of aliphatic hydroxyl groups is 1. The highest BCUT2D eigenvalue weighted by atomic mass is 16.3. The Kier molecular flexibility index (Phi) is 4.01. The zero-order valence-electron chi connectivity index (χ0n) is 14.1. The SMILES string of the molecule is Cn1c(CO)nnc1C1CC(NC(=O)Cn2ccc3ccccc32)C1. The molecular weight excluding hydrogens is 318 g/mol. The molecule has 1 aliphatic carbocycles. The monoisotopic (exact) mass is 339 g/mol.